The van der Waals surface area contributed by atoms with E-state index in [4.69, 9.17) is 16.6 Å². The summed E-state index contributed by atoms with van der Waals surface area (Å²) in [6.45, 7) is 4.30. The van der Waals surface area contributed by atoms with Gasteiger partial charge in [-0.3, -0.25) is 4.68 Å². The molecule has 2 heterocycles. The molecule has 2 aromatic rings. The average molecular weight is 253 g/mol. The van der Waals surface area contributed by atoms with Crippen LogP contribution in [0, 0.1) is 6.92 Å². The average Bonchev–Trinajstić information content (AvgIpc) is 2.79. The van der Waals surface area contributed by atoms with Crippen LogP contribution in [0.5, 0.6) is 0 Å². The summed E-state index contributed by atoms with van der Waals surface area (Å²) in [5.74, 6) is 1.72. The maximum atomic E-state index is 5.88. The number of halogens is 1. The minimum Gasteiger partial charge on any atom is -0.307 e. The Hall–Kier alpha value is -1.03. The van der Waals surface area contributed by atoms with Gasteiger partial charge in [0, 0.05) is 24.9 Å². The summed E-state index contributed by atoms with van der Waals surface area (Å²) in [6, 6.07) is 0. The Morgan fingerprint density at radius 3 is 2.71 bits per heavy atom. The number of imidazole rings is 1. The normalized spacial score (nSPS) is 17.9. The largest absolute Gasteiger partial charge is 0.307 e. The summed E-state index contributed by atoms with van der Waals surface area (Å²) in [5.41, 5.74) is 3.40. The topological polar surface area (TPSA) is 35.6 Å². The monoisotopic (exact) mass is 252 g/mol. The molecule has 0 spiro atoms. The van der Waals surface area contributed by atoms with Crippen molar-refractivity contribution >= 4 is 22.8 Å². The molecule has 4 nitrogen and oxygen atoms in total. The summed E-state index contributed by atoms with van der Waals surface area (Å²) in [6.07, 6.45) is 3.27. The molecule has 5 heteroatoms. The second-order valence-corrected chi connectivity index (χ2v) is 5.56. The molecule has 92 valence electrons. The van der Waals surface area contributed by atoms with Gasteiger partial charge in [-0.1, -0.05) is 0 Å². The zero-order valence-electron chi connectivity index (χ0n) is 10.5. The first kappa shape index (κ1) is 11.1. The van der Waals surface area contributed by atoms with E-state index in [1.54, 1.807) is 0 Å². The number of aromatic nitrogens is 4. The highest BCUT2D eigenvalue weighted by Crippen LogP contribution is 2.45. The van der Waals surface area contributed by atoms with E-state index in [1.165, 1.54) is 12.8 Å². The Bertz CT molecular complexity index is 577. The molecule has 0 N–H and O–H groups in total. The van der Waals surface area contributed by atoms with Gasteiger partial charge in [0.2, 0.25) is 0 Å². The Labute approximate surface area is 106 Å². The van der Waals surface area contributed by atoms with Crippen molar-refractivity contribution in [1.82, 2.24) is 19.3 Å². The second kappa shape index (κ2) is 3.48. The highest BCUT2D eigenvalue weighted by atomic mass is 35.5. The van der Waals surface area contributed by atoms with Gasteiger partial charge >= 0.3 is 0 Å². The van der Waals surface area contributed by atoms with E-state index in [2.05, 4.69) is 16.6 Å². The van der Waals surface area contributed by atoms with Crippen molar-refractivity contribution in [3.8, 4) is 0 Å². The number of nitrogens with zero attached hydrogens (tertiary/aromatic N) is 4. The fourth-order valence-electron chi connectivity index (χ4n) is 2.54. The third-order valence-electron chi connectivity index (χ3n) is 3.70. The van der Waals surface area contributed by atoms with Crippen molar-refractivity contribution in [3.05, 3.63) is 11.5 Å². The first-order chi connectivity index (χ1) is 8.07. The van der Waals surface area contributed by atoms with Gasteiger partial charge in [0.25, 0.3) is 0 Å². The van der Waals surface area contributed by atoms with Crippen LogP contribution in [0.2, 0.25) is 0 Å². The quantitative estimate of drug-likeness (QED) is 0.787. The van der Waals surface area contributed by atoms with Gasteiger partial charge in [-0.05, 0) is 26.7 Å². The zero-order valence-corrected chi connectivity index (χ0v) is 11.3. The van der Waals surface area contributed by atoms with Crippen LogP contribution in [0.3, 0.4) is 0 Å². The van der Waals surface area contributed by atoms with Crippen molar-refractivity contribution in [2.75, 3.05) is 5.88 Å². The van der Waals surface area contributed by atoms with Gasteiger partial charge in [-0.15, -0.1) is 11.6 Å². The molecule has 0 radical (unpaired) electrons. The van der Waals surface area contributed by atoms with E-state index < -0.39 is 0 Å². The molecule has 0 aliphatic heterocycles. The number of fused-ring (bicyclic) bond motifs is 1. The Morgan fingerprint density at radius 2 is 2.12 bits per heavy atom. The van der Waals surface area contributed by atoms with E-state index in [0.29, 0.717) is 5.88 Å². The van der Waals surface area contributed by atoms with Crippen LogP contribution in [-0.4, -0.2) is 25.2 Å². The molecule has 1 fully saturated rings. The first-order valence-corrected chi connectivity index (χ1v) is 6.57. The van der Waals surface area contributed by atoms with Gasteiger partial charge in [0.15, 0.2) is 5.65 Å². The van der Waals surface area contributed by atoms with Gasteiger partial charge in [-0.25, -0.2) is 4.98 Å². The molecule has 17 heavy (non-hydrogen) atoms. The van der Waals surface area contributed by atoms with Crippen molar-refractivity contribution < 1.29 is 0 Å². The van der Waals surface area contributed by atoms with Gasteiger partial charge in [0.05, 0.1) is 5.69 Å². The van der Waals surface area contributed by atoms with Gasteiger partial charge in [-0.2, -0.15) is 5.10 Å². The Morgan fingerprint density at radius 1 is 1.41 bits per heavy atom. The molecule has 0 saturated heterocycles. The van der Waals surface area contributed by atoms with Crippen molar-refractivity contribution in [1.29, 1.82) is 0 Å². The lowest BCUT2D eigenvalue weighted by Crippen LogP contribution is -2.18. The molecule has 0 atom stereocenters. The van der Waals surface area contributed by atoms with E-state index in [1.807, 2.05) is 18.7 Å². The maximum absolute atomic E-state index is 5.88. The summed E-state index contributed by atoms with van der Waals surface area (Å²) in [5, 5.41) is 4.45. The minimum atomic E-state index is 0.233. The predicted molar refractivity (Wildman–Crippen MR) is 68.5 cm³/mol. The predicted octanol–water partition coefficient (Wildman–Crippen LogP) is 2.37. The molecule has 0 amide bonds. The van der Waals surface area contributed by atoms with Crippen LogP contribution < -0.4 is 0 Å². The van der Waals surface area contributed by atoms with Crippen molar-refractivity contribution in [2.45, 2.75) is 38.6 Å². The molecule has 1 saturated carbocycles. The van der Waals surface area contributed by atoms with Gasteiger partial charge < -0.3 is 4.57 Å². The third-order valence-corrected chi connectivity index (χ3v) is 3.89. The van der Waals surface area contributed by atoms with Gasteiger partial charge in [0.1, 0.15) is 11.3 Å². The molecule has 0 bridgehead atoms. The molecule has 0 aromatic carbocycles. The SMILES string of the molecule is Cc1nn(C)c2c1nc(CCCl)n2C1(C)CC1. The smallest absolute Gasteiger partial charge is 0.159 e. The highest BCUT2D eigenvalue weighted by molar-refractivity contribution is 6.17. The van der Waals surface area contributed by atoms with Crippen molar-refractivity contribution in [2.24, 2.45) is 7.05 Å². The number of hydrogen-bond acceptors (Lipinski definition) is 2. The minimum absolute atomic E-state index is 0.233. The second-order valence-electron chi connectivity index (χ2n) is 5.18. The van der Waals surface area contributed by atoms with E-state index in [0.717, 1.165) is 29.1 Å². The summed E-state index contributed by atoms with van der Waals surface area (Å²) < 4.78 is 4.30. The molecular weight excluding hydrogens is 236 g/mol. The van der Waals surface area contributed by atoms with Crippen LogP contribution in [0.25, 0.3) is 11.2 Å². The fraction of sp³-hybridized carbons (Fsp3) is 0.667. The van der Waals surface area contributed by atoms with E-state index >= 15 is 0 Å². The molecule has 1 aliphatic carbocycles. The van der Waals surface area contributed by atoms with Crippen LogP contribution in [0.4, 0.5) is 0 Å². The fourth-order valence-corrected chi connectivity index (χ4v) is 2.71. The van der Waals surface area contributed by atoms with Crippen LogP contribution in [0.1, 0.15) is 31.3 Å². The van der Waals surface area contributed by atoms with E-state index in [-0.39, 0.29) is 5.54 Å². The first-order valence-electron chi connectivity index (χ1n) is 6.04. The number of rotatable bonds is 3. The summed E-state index contributed by atoms with van der Waals surface area (Å²) in [4.78, 5) is 4.72. The van der Waals surface area contributed by atoms with E-state index in [9.17, 15) is 0 Å². The van der Waals surface area contributed by atoms with Crippen molar-refractivity contribution in [3.63, 3.8) is 0 Å². The number of aryl methyl sites for hydroxylation is 3. The van der Waals surface area contributed by atoms with Crippen LogP contribution in [0.15, 0.2) is 0 Å². The number of hydrogen-bond donors (Lipinski definition) is 0. The Balaban J connectivity index is 2.29. The molecule has 1 aliphatic rings. The molecular formula is C12H17ClN4. The lowest BCUT2D eigenvalue weighted by molar-refractivity contribution is 0.511. The molecule has 0 unspecified atom stereocenters. The Kier molecular flexibility index (Phi) is 2.27. The highest BCUT2D eigenvalue weighted by Gasteiger charge is 2.42. The van der Waals surface area contributed by atoms with Crippen LogP contribution in [-0.2, 0) is 19.0 Å². The standard InChI is InChI=1S/C12H17ClN4/c1-8-10-11(16(3)15-8)17(12(2)5-6-12)9(14-10)4-7-13/h4-7H2,1-3H3. The zero-order chi connectivity index (χ0) is 12.2. The summed E-state index contributed by atoms with van der Waals surface area (Å²) >= 11 is 5.88. The lowest BCUT2D eigenvalue weighted by atomic mass is 10.3. The molecule has 3 rings (SSSR count). The third kappa shape index (κ3) is 1.50. The number of alkyl halides is 1. The maximum Gasteiger partial charge on any atom is 0.159 e. The lowest BCUT2D eigenvalue weighted by Gasteiger charge is -2.15. The molecule has 2 aromatic heterocycles. The summed E-state index contributed by atoms with van der Waals surface area (Å²) in [7, 11) is 1.99. The van der Waals surface area contributed by atoms with Crippen LogP contribution >= 0.6 is 11.6 Å².